The number of amides is 2. The molecule has 0 radical (unpaired) electrons. The fourth-order valence-corrected chi connectivity index (χ4v) is 3.68. The molecule has 0 aliphatic carbocycles. The summed E-state index contributed by atoms with van der Waals surface area (Å²) in [5.41, 5.74) is 2.41. The number of hydrogen-bond donors (Lipinski definition) is 1. The van der Waals surface area contributed by atoms with E-state index >= 15 is 0 Å². The minimum atomic E-state index is -0.236. The summed E-state index contributed by atoms with van der Waals surface area (Å²) in [6, 6.07) is 12.6. The van der Waals surface area contributed by atoms with E-state index in [4.69, 9.17) is 14.2 Å². The zero-order valence-electron chi connectivity index (χ0n) is 19.3. The molecule has 34 heavy (non-hydrogen) atoms. The molecule has 0 bridgehead atoms. The minimum absolute atomic E-state index is 0.103. The summed E-state index contributed by atoms with van der Waals surface area (Å²) in [4.78, 5) is 30.9. The lowest BCUT2D eigenvalue weighted by Gasteiger charge is -2.26. The Morgan fingerprint density at radius 2 is 1.88 bits per heavy atom. The van der Waals surface area contributed by atoms with Crippen molar-refractivity contribution < 1.29 is 23.8 Å². The fraction of sp³-hybridized carbons (Fsp3) is 0.320. The number of aromatic nitrogens is 2. The van der Waals surface area contributed by atoms with Crippen LogP contribution in [0.2, 0.25) is 0 Å². The number of imidazole rings is 1. The van der Waals surface area contributed by atoms with Crippen LogP contribution in [0.4, 0.5) is 0 Å². The third-order valence-corrected chi connectivity index (χ3v) is 5.68. The molecule has 1 atom stereocenters. The minimum Gasteiger partial charge on any atom is -0.493 e. The summed E-state index contributed by atoms with van der Waals surface area (Å²) in [6.45, 7) is 4.01. The van der Waals surface area contributed by atoms with Crippen LogP contribution in [0.1, 0.15) is 28.9 Å². The Morgan fingerprint density at radius 1 is 1.12 bits per heavy atom. The first-order valence-corrected chi connectivity index (χ1v) is 11.1. The molecule has 1 fully saturated rings. The molecule has 178 valence electrons. The van der Waals surface area contributed by atoms with E-state index in [0.29, 0.717) is 43.4 Å². The fourth-order valence-electron chi connectivity index (χ4n) is 3.68. The Hall–Kier alpha value is -3.85. The number of hydrogen-bond acceptors (Lipinski definition) is 6. The zero-order valence-corrected chi connectivity index (χ0v) is 19.3. The number of methoxy groups -OCH3 is 1. The van der Waals surface area contributed by atoms with Crippen LogP contribution in [0, 0.1) is 0 Å². The molecule has 2 aromatic carbocycles. The van der Waals surface area contributed by atoms with Crippen LogP contribution in [0.25, 0.3) is 5.69 Å². The molecule has 1 N–H and O–H groups in total. The van der Waals surface area contributed by atoms with Crippen LogP contribution >= 0.6 is 0 Å². The van der Waals surface area contributed by atoms with Crippen molar-refractivity contribution >= 4 is 11.8 Å². The van der Waals surface area contributed by atoms with Crippen LogP contribution in [-0.2, 0) is 9.53 Å². The van der Waals surface area contributed by atoms with E-state index < -0.39 is 0 Å². The van der Waals surface area contributed by atoms with Gasteiger partial charge in [-0.25, -0.2) is 4.98 Å². The number of rotatable bonds is 8. The molecule has 2 amide bonds. The summed E-state index contributed by atoms with van der Waals surface area (Å²) in [5, 5.41) is 3.00. The van der Waals surface area contributed by atoms with Gasteiger partial charge in [-0.15, -0.1) is 0 Å². The summed E-state index contributed by atoms with van der Waals surface area (Å²) in [7, 11) is 1.50. The molecule has 1 aliphatic rings. The molecule has 1 saturated heterocycles. The van der Waals surface area contributed by atoms with E-state index in [9.17, 15) is 9.59 Å². The summed E-state index contributed by atoms with van der Waals surface area (Å²) in [6.07, 6.45) is 5.34. The van der Waals surface area contributed by atoms with Crippen molar-refractivity contribution in [3.63, 3.8) is 0 Å². The number of morpholine rings is 1. The molecule has 1 aliphatic heterocycles. The molecular weight excluding hydrogens is 436 g/mol. The van der Waals surface area contributed by atoms with Crippen molar-refractivity contribution in [2.75, 3.05) is 40.0 Å². The lowest BCUT2D eigenvalue weighted by Crippen LogP contribution is -2.43. The summed E-state index contributed by atoms with van der Waals surface area (Å²) in [5.74, 6) is 0.448. The van der Waals surface area contributed by atoms with Crippen molar-refractivity contribution in [1.82, 2.24) is 19.8 Å². The Balaban J connectivity index is 1.36. The molecule has 1 aromatic heterocycles. The highest BCUT2D eigenvalue weighted by molar-refractivity contribution is 5.95. The van der Waals surface area contributed by atoms with Crippen molar-refractivity contribution in [3.8, 4) is 17.2 Å². The van der Waals surface area contributed by atoms with Crippen molar-refractivity contribution in [1.29, 1.82) is 0 Å². The van der Waals surface area contributed by atoms with Gasteiger partial charge in [0.15, 0.2) is 18.1 Å². The van der Waals surface area contributed by atoms with Gasteiger partial charge in [0.05, 0.1) is 32.7 Å². The average molecular weight is 465 g/mol. The highest BCUT2D eigenvalue weighted by Crippen LogP contribution is 2.28. The van der Waals surface area contributed by atoms with E-state index in [1.165, 1.54) is 7.11 Å². The van der Waals surface area contributed by atoms with Gasteiger partial charge < -0.3 is 29.0 Å². The second-order valence-corrected chi connectivity index (χ2v) is 7.90. The van der Waals surface area contributed by atoms with Crippen LogP contribution in [0.5, 0.6) is 11.5 Å². The Labute approximate surface area is 198 Å². The van der Waals surface area contributed by atoms with Crippen molar-refractivity contribution in [2.24, 2.45) is 0 Å². The van der Waals surface area contributed by atoms with E-state index in [1.54, 1.807) is 35.6 Å². The summed E-state index contributed by atoms with van der Waals surface area (Å²) < 4.78 is 18.2. The molecule has 9 nitrogen and oxygen atoms in total. The quantitative estimate of drug-likeness (QED) is 0.551. The van der Waals surface area contributed by atoms with Crippen LogP contribution in [0.3, 0.4) is 0 Å². The second kappa shape index (κ2) is 10.8. The first kappa shape index (κ1) is 23.3. The normalized spacial score (nSPS) is 14.4. The lowest BCUT2D eigenvalue weighted by molar-refractivity contribution is -0.137. The zero-order chi connectivity index (χ0) is 23.9. The Kier molecular flexibility index (Phi) is 7.44. The largest absolute Gasteiger partial charge is 0.493 e. The first-order chi connectivity index (χ1) is 16.5. The van der Waals surface area contributed by atoms with Crippen molar-refractivity contribution in [2.45, 2.75) is 13.0 Å². The molecule has 0 unspecified atom stereocenters. The third kappa shape index (κ3) is 5.55. The van der Waals surface area contributed by atoms with Gasteiger partial charge in [-0.1, -0.05) is 12.1 Å². The first-order valence-electron chi connectivity index (χ1n) is 11.1. The smallest absolute Gasteiger partial charge is 0.260 e. The maximum Gasteiger partial charge on any atom is 0.260 e. The van der Waals surface area contributed by atoms with Crippen LogP contribution < -0.4 is 14.8 Å². The van der Waals surface area contributed by atoms with Gasteiger partial charge in [0.25, 0.3) is 11.8 Å². The van der Waals surface area contributed by atoms with E-state index in [-0.39, 0.29) is 24.5 Å². The van der Waals surface area contributed by atoms with Crippen molar-refractivity contribution in [3.05, 3.63) is 72.3 Å². The molecular formula is C25H28N4O5. The monoisotopic (exact) mass is 464 g/mol. The molecule has 0 saturated carbocycles. The molecule has 3 aromatic rings. The van der Waals surface area contributed by atoms with Gasteiger partial charge in [0, 0.05) is 36.7 Å². The maximum atomic E-state index is 12.8. The average Bonchev–Trinajstić information content (AvgIpc) is 3.43. The van der Waals surface area contributed by atoms with E-state index in [1.807, 2.05) is 42.0 Å². The Bertz CT molecular complexity index is 1110. The number of benzene rings is 2. The van der Waals surface area contributed by atoms with Gasteiger partial charge in [-0.05, 0) is 42.8 Å². The van der Waals surface area contributed by atoms with E-state index in [0.717, 1.165) is 11.3 Å². The van der Waals surface area contributed by atoms with Gasteiger partial charge in [-0.2, -0.15) is 0 Å². The molecule has 4 rings (SSSR count). The topological polar surface area (TPSA) is 94.9 Å². The lowest BCUT2D eigenvalue weighted by atomic mass is 10.1. The SMILES string of the molecule is COc1cc(C(=O)N[C@H](C)c2ccc(-n3ccnc3)cc2)ccc1OCC(=O)N1CCOCC1. The highest BCUT2D eigenvalue weighted by Gasteiger charge is 2.19. The number of nitrogens with zero attached hydrogens (tertiary/aromatic N) is 3. The van der Waals surface area contributed by atoms with E-state index in [2.05, 4.69) is 10.3 Å². The van der Waals surface area contributed by atoms with Crippen LogP contribution in [0.15, 0.2) is 61.2 Å². The predicted octanol–water partition coefficient (Wildman–Crippen LogP) is 2.61. The van der Waals surface area contributed by atoms with Gasteiger partial charge in [0.1, 0.15) is 0 Å². The van der Waals surface area contributed by atoms with Gasteiger partial charge >= 0.3 is 0 Å². The molecule has 2 heterocycles. The standard InChI is InChI=1S/C25H28N4O5/c1-18(19-3-6-21(7-4-19)29-10-9-26-17-29)27-25(31)20-5-8-22(23(15-20)32-2)34-16-24(30)28-11-13-33-14-12-28/h3-10,15,17-18H,11-14,16H2,1-2H3,(H,27,31)/t18-/m1/s1. The third-order valence-electron chi connectivity index (χ3n) is 5.68. The second-order valence-electron chi connectivity index (χ2n) is 7.90. The maximum absolute atomic E-state index is 12.8. The highest BCUT2D eigenvalue weighted by atomic mass is 16.5. The molecule has 0 spiro atoms. The number of nitrogens with one attached hydrogen (secondary N) is 1. The van der Waals surface area contributed by atoms with Gasteiger partial charge in [-0.3, -0.25) is 9.59 Å². The Morgan fingerprint density at radius 3 is 2.56 bits per heavy atom. The number of ether oxygens (including phenoxy) is 3. The van der Waals surface area contributed by atoms with Crippen LogP contribution in [-0.4, -0.2) is 66.3 Å². The summed E-state index contributed by atoms with van der Waals surface area (Å²) >= 11 is 0. The number of carbonyl (C=O) groups excluding carboxylic acids is 2. The number of carbonyl (C=O) groups is 2. The molecule has 9 heteroatoms. The van der Waals surface area contributed by atoms with Gasteiger partial charge in [0.2, 0.25) is 0 Å². The predicted molar refractivity (Wildman–Crippen MR) is 125 cm³/mol.